The van der Waals surface area contributed by atoms with Crippen molar-refractivity contribution in [2.75, 3.05) is 12.3 Å². The molecule has 4 rings (SSSR count). The second-order valence-corrected chi connectivity index (χ2v) is 6.57. The predicted molar refractivity (Wildman–Crippen MR) is 91.6 cm³/mol. The molecule has 0 N–H and O–H groups in total. The third-order valence-electron chi connectivity index (χ3n) is 3.92. The quantitative estimate of drug-likeness (QED) is 0.507. The highest BCUT2D eigenvalue weighted by atomic mass is 32.2. The second kappa shape index (κ2) is 6.68. The first kappa shape index (κ1) is 16.4. The number of thioether (sulfide) groups is 1. The Morgan fingerprint density at radius 2 is 1.73 bits per heavy atom. The lowest BCUT2D eigenvalue weighted by molar-refractivity contribution is 0.0664. The van der Waals surface area contributed by atoms with Crippen molar-refractivity contribution in [2.45, 2.75) is 5.16 Å². The van der Waals surface area contributed by atoms with Crippen molar-refractivity contribution in [3.05, 3.63) is 65.5 Å². The van der Waals surface area contributed by atoms with Crippen LogP contribution in [0, 0.1) is 5.82 Å². The van der Waals surface area contributed by atoms with Crippen molar-refractivity contribution in [3.63, 3.8) is 0 Å². The molecule has 0 fully saturated rings. The number of aromatic nitrogens is 4. The van der Waals surface area contributed by atoms with E-state index in [9.17, 15) is 14.0 Å². The maximum absolute atomic E-state index is 13.4. The Bertz CT molecular complexity index is 971. The van der Waals surface area contributed by atoms with Crippen molar-refractivity contribution in [3.8, 4) is 5.69 Å². The normalized spacial score (nSPS) is 13.3. The molecule has 3 aromatic rings. The van der Waals surface area contributed by atoms with Gasteiger partial charge < -0.3 is 0 Å². The van der Waals surface area contributed by atoms with E-state index < -0.39 is 0 Å². The topological polar surface area (TPSA) is 81.0 Å². The molecule has 1 aromatic heterocycles. The molecule has 0 radical (unpaired) electrons. The largest absolute Gasteiger partial charge is 0.273 e. The standard InChI is InChI=1S/C17H12FN5O2S/c18-11-4-3-5-12(10-11)23-17(19-20-21-23)26-9-8-22-15(24)13-6-1-2-7-14(13)16(22)25/h1-7,10H,8-9H2. The monoisotopic (exact) mass is 369 g/mol. The first-order chi connectivity index (χ1) is 12.6. The maximum atomic E-state index is 13.4. The molecule has 0 spiro atoms. The van der Waals surface area contributed by atoms with Gasteiger partial charge in [-0.1, -0.05) is 30.0 Å². The van der Waals surface area contributed by atoms with Crippen LogP contribution >= 0.6 is 11.8 Å². The molecule has 130 valence electrons. The molecular formula is C17H12FN5O2S. The fraction of sp³-hybridized carbons (Fsp3) is 0.118. The molecule has 0 atom stereocenters. The van der Waals surface area contributed by atoms with Gasteiger partial charge in [0.25, 0.3) is 11.8 Å². The number of hydrogen-bond donors (Lipinski definition) is 0. The minimum Gasteiger partial charge on any atom is -0.273 e. The maximum Gasteiger partial charge on any atom is 0.261 e. The van der Waals surface area contributed by atoms with Gasteiger partial charge in [0.05, 0.1) is 16.8 Å². The number of nitrogens with zero attached hydrogens (tertiary/aromatic N) is 5. The highest BCUT2D eigenvalue weighted by molar-refractivity contribution is 7.99. The smallest absolute Gasteiger partial charge is 0.261 e. The molecule has 26 heavy (non-hydrogen) atoms. The number of tetrazole rings is 1. The zero-order chi connectivity index (χ0) is 18.1. The van der Waals surface area contributed by atoms with Gasteiger partial charge in [-0.15, -0.1) is 5.10 Å². The zero-order valence-electron chi connectivity index (χ0n) is 13.4. The summed E-state index contributed by atoms with van der Waals surface area (Å²) in [5.41, 5.74) is 1.34. The van der Waals surface area contributed by atoms with E-state index in [1.54, 1.807) is 36.4 Å². The van der Waals surface area contributed by atoms with Gasteiger partial charge in [-0.3, -0.25) is 14.5 Å². The summed E-state index contributed by atoms with van der Waals surface area (Å²) < 4.78 is 14.8. The first-order valence-corrected chi connectivity index (χ1v) is 8.76. The number of rotatable bonds is 5. The molecule has 0 unspecified atom stereocenters. The Morgan fingerprint density at radius 1 is 1.00 bits per heavy atom. The molecule has 2 heterocycles. The molecule has 0 bridgehead atoms. The fourth-order valence-electron chi connectivity index (χ4n) is 2.71. The van der Waals surface area contributed by atoms with Crippen LogP contribution in [0.5, 0.6) is 0 Å². The molecule has 7 nitrogen and oxygen atoms in total. The summed E-state index contributed by atoms with van der Waals surface area (Å²) in [6.07, 6.45) is 0. The van der Waals surface area contributed by atoms with Gasteiger partial charge in [-0.2, -0.15) is 4.68 Å². The number of carbonyl (C=O) groups excluding carboxylic acids is 2. The molecule has 0 saturated carbocycles. The molecule has 2 aromatic carbocycles. The van der Waals surface area contributed by atoms with Gasteiger partial charge in [0.2, 0.25) is 5.16 Å². The highest BCUT2D eigenvalue weighted by Crippen LogP contribution is 2.24. The van der Waals surface area contributed by atoms with Crippen molar-refractivity contribution in [1.82, 2.24) is 25.1 Å². The van der Waals surface area contributed by atoms with E-state index in [4.69, 9.17) is 0 Å². The van der Waals surface area contributed by atoms with E-state index >= 15 is 0 Å². The third kappa shape index (κ3) is 2.86. The fourth-order valence-corrected chi connectivity index (χ4v) is 3.52. The van der Waals surface area contributed by atoms with Crippen molar-refractivity contribution in [2.24, 2.45) is 0 Å². The van der Waals surface area contributed by atoms with Gasteiger partial charge in [0, 0.05) is 12.3 Å². The van der Waals surface area contributed by atoms with Gasteiger partial charge >= 0.3 is 0 Å². The third-order valence-corrected chi connectivity index (χ3v) is 4.82. The van der Waals surface area contributed by atoms with Gasteiger partial charge in [0.15, 0.2) is 0 Å². The van der Waals surface area contributed by atoms with Crippen molar-refractivity contribution >= 4 is 23.6 Å². The lowest BCUT2D eigenvalue weighted by Crippen LogP contribution is -2.31. The van der Waals surface area contributed by atoms with E-state index in [1.165, 1.54) is 33.5 Å². The van der Waals surface area contributed by atoms with Crippen LogP contribution in [0.3, 0.4) is 0 Å². The number of benzene rings is 2. The molecule has 1 aliphatic heterocycles. The summed E-state index contributed by atoms with van der Waals surface area (Å²) in [6.45, 7) is 0.229. The Hall–Kier alpha value is -3.07. The average Bonchev–Trinajstić information content (AvgIpc) is 3.21. The number of amides is 2. The Balaban J connectivity index is 1.45. The average molecular weight is 369 g/mol. The Morgan fingerprint density at radius 3 is 2.42 bits per heavy atom. The van der Waals surface area contributed by atoms with Crippen LogP contribution in [-0.2, 0) is 0 Å². The number of carbonyl (C=O) groups is 2. The number of fused-ring (bicyclic) bond motifs is 1. The molecule has 2 amide bonds. The van der Waals surface area contributed by atoms with Crippen LogP contribution in [0.25, 0.3) is 5.69 Å². The van der Waals surface area contributed by atoms with Gasteiger partial charge in [-0.25, -0.2) is 4.39 Å². The first-order valence-electron chi connectivity index (χ1n) is 7.77. The van der Waals surface area contributed by atoms with Crippen molar-refractivity contribution in [1.29, 1.82) is 0 Å². The van der Waals surface area contributed by atoms with Crippen LogP contribution < -0.4 is 0 Å². The lowest BCUT2D eigenvalue weighted by Gasteiger charge is -2.13. The van der Waals surface area contributed by atoms with Crippen LogP contribution in [0.4, 0.5) is 4.39 Å². The summed E-state index contributed by atoms with van der Waals surface area (Å²) in [5, 5.41) is 11.8. The summed E-state index contributed by atoms with van der Waals surface area (Å²) in [5.74, 6) is -0.562. The molecule has 0 saturated heterocycles. The molecular weight excluding hydrogens is 357 g/mol. The van der Waals surface area contributed by atoms with Crippen LogP contribution in [0.1, 0.15) is 20.7 Å². The van der Waals surface area contributed by atoms with E-state index in [1.807, 2.05) is 0 Å². The van der Waals surface area contributed by atoms with E-state index in [2.05, 4.69) is 15.5 Å². The van der Waals surface area contributed by atoms with E-state index in [0.717, 1.165) is 0 Å². The minimum absolute atomic E-state index is 0.229. The lowest BCUT2D eigenvalue weighted by atomic mass is 10.1. The summed E-state index contributed by atoms with van der Waals surface area (Å²) in [6, 6.07) is 12.7. The summed E-state index contributed by atoms with van der Waals surface area (Å²) in [7, 11) is 0. The Labute approximate surface area is 151 Å². The van der Waals surface area contributed by atoms with Crippen LogP contribution in [0.15, 0.2) is 53.7 Å². The highest BCUT2D eigenvalue weighted by Gasteiger charge is 2.34. The van der Waals surface area contributed by atoms with Crippen molar-refractivity contribution < 1.29 is 14.0 Å². The number of halogens is 1. The minimum atomic E-state index is -0.389. The zero-order valence-corrected chi connectivity index (χ0v) is 14.2. The molecule has 0 aliphatic carbocycles. The van der Waals surface area contributed by atoms with E-state index in [-0.39, 0.29) is 24.2 Å². The van der Waals surface area contributed by atoms with Crippen LogP contribution in [0.2, 0.25) is 0 Å². The number of imide groups is 1. The molecule has 1 aliphatic rings. The number of hydrogen-bond acceptors (Lipinski definition) is 6. The van der Waals surface area contributed by atoms with Gasteiger partial charge in [-0.05, 0) is 40.8 Å². The van der Waals surface area contributed by atoms with Gasteiger partial charge in [0.1, 0.15) is 5.82 Å². The summed E-state index contributed by atoms with van der Waals surface area (Å²) >= 11 is 1.28. The van der Waals surface area contributed by atoms with Crippen LogP contribution in [-0.4, -0.2) is 49.2 Å². The van der Waals surface area contributed by atoms with E-state index in [0.29, 0.717) is 27.7 Å². The predicted octanol–water partition coefficient (Wildman–Crippen LogP) is 2.19. The molecule has 9 heteroatoms. The second-order valence-electron chi connectivity index (χ2n) is 5.51. The Kier molecular flexibility index (Phi) is 4.21. The summed E-state index contributed by atoms with van der Waals surface area (Å²) in [4.78, 5) is 25.9. The SMILES string of the molecule is O=C1c2ccccc2C(=O)N1CCSc1nnnn1-c1cccc(F)c1.